The summed E-state index contributed by atoms with van der Waals surface area (Å²) in [6.45, 7) is 2.50. The Bertz CT molecular complexity index is 95.0. The smallest absolute Gasteiger partial charge is 0.218 e. The van der Waals surface area contributed by atoms with Crippen molar-refractivity contribution in [1.82, 2.24) is 5.32 Å². The number of rotatable bonds is 4. The molecule has 0 aliphatic carbocycles. The summed E-state index contributed by atoms with van der Waals surface area (Å²) in [5, 5.41) is 3.07. The largest absolute Gasteiger partial charge is 0.370 e. The van der Waals surface area contributed by atoms with E-state index in [4.69, 9.17) is 5.73 Å². The Kier molecular flexibility index (Phi) is 4.53. The summed E-state index contributed by atoms with van der Waals surface area (Å²) in [7, 11) is 0. The molecule has 0 aromatic heterocycles. The van der Waals surface area contributed by atoms with Crippen molar-refractivity contribution >= 4 is 18.5 Å². The zero-order chi connectivity index (χ0) is 7.28. The molecule has 0 spiro atoms. The molecule has 1 amide bonds. The molecule has 0 heterocycles. The predicted octanol–water partition coefficient (Wildman–Crippen LogP) is -0.273. The summed E-state index contributed by atoms with van der Waals surface area (Å²) in [6, 6.07) is 0. The van der Waals surface area contributed by atoms with Crippen molar-refractivity contribution < 1.29 is 4.79 Å². The van der Waals surface area contributed by atoms with Crippen LogP contribution in [0.1, 0.15) is 13.3 Å². The molecule has 0 aliphatic heterocycles. The average molecular weight is 148 g/mol. The standard InChI is InChI=1S/C5H12N2OS/c1-4(9)7-3-2-5(6)8/h4,7,9H,2-3H2,1H3,(H2,6,8). The molecule has 0 aromatic rings. The number of amides is 1. The number of carbonyl (C=O) groups is 1. The second kappa shape index (κ2) is 4.64. The van der Waals surface area contributed by atoms with E-state index in [-0.39, 0.29) is 11.3 Å². The van der Waals surface area contributed by atoms with Gasteiger partial charge in [0.05, 0.1) is 0 Å². The molecule has 4 heteroatoms. The first-order valence-electron chi connectivity index (χ1n) is 2.82. The van der Waals surface area contributed by atoms with E-state index < -0.39 is 0 Å². The maximum Gasteiger partial charge on any atom is 0.218 e. The highest BCUT2D eigenvalue weighted by atomic mass is 32.1. The predicted molar refractivity (Wildman–Crippen MR) is 40.3 cm³/mol. The first kappa shape index (κ1) is 8.78. The zero-order valence-electron chi connectivity index (χ0n) is 5.42. The third-order valence-electron chi connectivity index (χ3n) is 0.811. The van der Waals surface area contributed by atoms with E-state index in [9.17, 15) is 4.79 Å². The molecular formula is C5H12N2OS. The molecule has 0 aliphatic rings. The van der Waals surface area contributed by atoms with Crippen molar-refractivity contribution in [2.45, 2.75) is 18.7 Å². The van der Waals surface area contributed by atoms with E-state index in [1.54, 1.807) is 0 Å². The van der Waals surface area contributed by atoms with Gasteiger partial charge in [0, 0.05) is 18.3 Å². The molecule has 1 atom stereocenters. The number of hydrogen-bond acceptors (Lipinski definition) is 3. The third kappa shape index (κ3) is 7.78. The van der Waals surface area contributed by atoms with Gasteiger partial charge in [-0.1, -0.05) is 0 Å². The van der Waals surface area contributed by atoms with E-state index in [1.807, 2.05) is 6.92 Å². The Balaban J connectivity index is 3.01. The molecule has 1 unspecified atom stereocenters. The molecule has 0 bridgehead atoms. The van der Waals surface area contributed by atoms with Crippen LogP contribution in [-0.2, 0) is 4.79 Å². The summed E-state index contributed by atoms with van der Waals surface area (Å²) in [5.41, 5.74) is 4.87. The Morgan fingerprint density at radius 1 is 1.89 bits per heavy atom. The third-order valence-corrected chi connectivity index (χ3v) is 0.994. The molecule has 0 saturated heterocycles. The molecule has 3 N–H and O–H groups in total. The summed E-state index contributed by atoms with van der Waals surface area (Å²) in [6.07, 6.45) is 0.380. The molecule has 54 valence electrons. The van der Waals surface area contributed by atoms with Crippen LogP contribution in [0.4, 0.5) is 0 Å². The van der Waals surface area contributed by atoms with E-state index in [0.717, 1.165) is 0 Å². The van der Waals surface area contributed by atoms with Crippen molar-refractivity contribution in [1.29, 1.82) is 0 Å². The number of nitrogens with one attached hydrogen (secondary N) is 1. The van der Waals surface area contributed by atoms with Crippen LogP contribution in [0.25, 0.3) is 0 Å². The second-order valence-corrected chi connectivity index (χ2v) is 2.62. The van der Waals surface area contributed by atoms with Gasteiger partial charge >= 0.3 is 0 Å². The van der Waals surface area contributed by atoms with Gasteiger partial charge < -0.3 is 11.1 Å². The molecule has 0 saturated carbocycles. The average Bonchev–Trinajstić information content (AvgIpc) is 1.63. The van der Waals surface area contributed by atoms with Crippen LogP contribution in [0, 0.1) is 0 Å². The van der Waals surface area contributed by atoms with Gasteiger partial charge in [0.25, 0.3) is 0 Å². The lowest BCUT2D eigenvalue weighted by atomic mass is 10.4. The summed E-state index contributed by atoms with van der Waals surface area (Å²) >= 11 is 4.04. The fourth-order valence-corrected chi connectivity index (χ4v) is 0.533. The fourth-order valence-electron chi connectivity index (χ4n) is 0.404. The van der Waals surface area contributed by atoms with E-state index >= 15 is 0 Å². The van der Waals surface area contributed by atoms with Gasteiger partial charge in [0.2, 0.25) is 5.91 Å². The Hall–Kier alpha value is -0.220. The molecule has 0 radical (unpaired) electrons. The lowest BCUT2D eigenvalue weighted by molar-refractivity contribution is -0.117. The van der Waals surface area contributed by atoms with Gasteiger partial charge in [-0.15, -0.1) is 0 Å². The quantitative estimate of drug-likeness (QED) is 0.379. The van der Waals surface area contributed by atoms with Gasteiger partial charge in [-0.2, -0.15) is 12.6 Å². The highest BCUT2D eigenvalue weighted by Gasteiger charge is 1.94. The minimum absolute atomic E-state index is 0.129. The number of nitrogens with two attached hydrogens (primary N) is 1. The monoisotopic (exact) mass is 148 g/mol. The fraction of sp³-hybridized carbons (Fsp3) is 0.800. The van der Waals surface area contributed by atoms with Crippen LogP contribution in [0.2, 0.25) is 0 Å². The van der Waals surface area contributed by atoms with Crippen molar-refractivity contribution in [3.05, 3.63) is 0 Å². The molecule has 0 aromatic carbocycles. The SMILES string of the molecule is CC(S)NCCC(N)=O. The number of primary amides is 1. The first-order valence-corrected chi connectivity index (χ1v) is 3.34. The minimum Gasteiger partial charge on any atom is -0.370 e. The molecule has 0 fully saturated rings. The van der Waals surface area contributed by atoms with Gasteiger partial charge in [-0.05, 0) is 6.92 Å². The van der Waals surface area contributed by atoms with Crippen LogP contribution >= 0.6 is 12.6 Å². The van der Waals surface area contributed by atoms with Crippen LogP contribution in [-0.4, -0.2) is 17.8 Å². The highest BCUT2D eigenvalue weighted by molar-refractivity contribution is 7.80. The summed E-state index contributed by atoms with van der Waals surface area (Å²) in [5.74, 6) is -0.281. The Labute approximate surface area is 60.4 Å². The van der Waals surface area contributed by atoms with E-state index in [1.165, 1.54) is 0 Å². The van der Waals surface area contributed by atoms with Crippen molar-refractivity contribution in [3.8, 4) is 0 Å². The van der Waals surface area contributed by atoms with Crippen molar-refractivity contribution in [2.75, 3.05) is 6.54 Å². The first-order chi connectivity index (χ1) is 4.13. The van der Waals surface area contributed by atoms with Gasteiger partial charge in [-0.25, -0.2) is 0 Å². The van der Waals surface area contributed by atoms with Gasteiger partial charge in [0.1, 0.15) is 0 Å². The molecule has 0 rings (SSSR count). The highest BCUT2D eigenvalue weighted by Crippen LogP contribution is 1.84. The number of carbonyl (C=O) groups excluding carboxylic acids is 1. The van der Waals surface area contributed by atoms with Gasteiger partial charge in [0.15, 0.2) is 0 Å². The Morgan fingerprint density at radius 2 is 2.44 bits per heavy atom. The van der Waals surface area contributed by atoms with Crippen LogP contribution in [0.3, 0.4) is 0 Å². The Morgan fingerprint density at radius 3 is 2.78 bits per heavy atom. The lowest BCUT2D eigenvalue weighted by Crippen LogP contribution is -2.25. The van der Waals surface area contributed by atoms with Crippen LogP contribution in [0.15, 0.2) is 0 Å². The van der Waals surface area contributed by atoms with Crippen molar-refractivity contribution in [3.63, 3.8) is 0 Å². The van der Waals surface area contributed by atoms with Crippen LogP contribution < -0.4 is 11.1 Å². The number of hydrogen-bond donors (Lipinski definition) is 3. The molecule has 3 nitrogen and oxygen atoms in total. The topological polar surface area (TPSA) is 55.1 Å². The molecular weight excluding hydrogens is 136 g/mol. The van der Waals surface area contributed by atoms with Crippen molar-refractivity contribution in [2.24, 2.45) is 5.73 Å². The molecule has 9 heavy (non-hydrogen) atoms. The van der Waals surface area contributed by atoms with E-state index in [2.05, 4.69) is 17.9 Å². The summed E-state index contributed by atoms with van der Waals surface area (Å²) in [4.78, 5) is 10.1. The minimum atomic E-state index is -0.281. The van der Waals surface area contributed by atoms with Crippen LogP contribution in [0.5, 0.6) is 0 Å². The van der Waals surface area contributed by atoms with E-state index in [0.29, 0.717) is 13.0 Å². The van der Waals surface area contributed by atoms with Gasteiger partial charge in [-0.3, -0.25) is 4.79 Å². The second-order valence-electron chi connectivity index (χ2n) is 1.85. The number of thiol groups is 1. The lowest BCUT2D eigenvalue weighted by Gasteiger charge is -2.03. The maximum absolute atomic E-state index is 10.1. The zero-order valence-corrected chi connectivity index (χ0v) is 6.32. The maximum atomic E-state index is 10.1. The normalized spacial score (nSPS) is 13.1. The summed E-state index contributed by atoms with van der Waals surface area (Å²) < 4.78 is 0.